The first-order valence-corrected chi connectivity index (χ1v) is 24.9. The smallest absolute Gasteiger partial charge is 0.306 e. The highest BCUT2D eigenvalue weighted by atomic mass is 16.6. The molecule has 0 aliphatic heterocycles. The molecule has 6 heteroatoms. The average molecular weight is 793 g/mol. The summed E-state index contributed by atoms with van der Waals surface area (Å²) < 4.78 is 16.7. The van der Waals surface area contributed by atoms with Crippen molar-refractivity contribution >= 4 is 17.9 Å². The number of carbonyl (C=O) groups excluding carboxylic acids is 3. The molecule has 0 aromatic carbocycles. The molecule has 0 aliphatic rings. The van der Waals surface area contributed by atoms with Crippen LogP contribution in [-0.4, -0.2) is 37.2 Å². The third-order valence-corrected chi connectivity index (χ3v) is 11.7. The molecule has 0 rings (SSSR count). The zero-order chi connectivity index (χ0) is 41.0. The molecule has 0 saturated carbocycles. The van der Waals surface area contributed by atoms with Gasteiger partial charge in [-0.15, -0.1) is 0 Å². The van der Waals surface area contributed by atoms with Crippen LogP contribution in [0.15, 0.2) is 0 Å². The Balaban J connectivity index is 4.25. The number of rotatable bonds is 45. The minimum absolute atomic E-state index is 0.0632. The summed E-state index contributed by atoms with van der Waals surface area (Å²) in [4.78, 5) is 37.8. The van der Waals surface area contributed by atoms with E-state index in [1.807, 2.05) is 0 Å². The first-order valence-electron chi connectivity index (χ1n) is 24.9. The third kappa shape index (κ3) is 42.0. The van der Waals surface area contributed by atoms with Crippen LogP contribution < -0.4 is 0 Å². The summed E-state index contributed by atoms with van der Waals surface area (Å²) in [5.74, 6) is 0.0439. The second-order valence-electron chi connectivity index (χ2n) is 17.3. The Labute approximate surface area is 348 Å². The van der Waals surface area contributed by atoms with Crippen molar-refractivity contribution in [1.82, 2.24) is 0 Å². The highest BCUT2D eigenvalue weighted by molar-refractivity contribution is 5.71. The zero-order valence-corrected chi connectivity index (χ0v) is 38.1. The van der Waals surface area contributed by atoms with Crippen molar-refractivity contribution < 1.29 is 28.6 Å². The highest BCUT2D eigenvalue weighted by Gasteiger charge is 2.19. The van der Waals surface area contributed by atoms with Gasteiger partial charge < -0.3 is 14.2 Å². The Morgan fingerprint density at radius 1 is 0.357 bits per heavy atom. The van der Waals surface area contributed by atoms with Gasteiger partial charge in [0.25, 0.3) is 0 Å². The summed E-state index contributed by atoms with van der Waals surface area (Å²) in [6.07, 6.45) is 45.1. The lowest BCUT2D eigenvalue weighted by atomic mass is 9.99. The molecule has 0 heterocycles. The number of carbonyl (C=O) groups is 3. The molecule has 1 unspecified atom stereocenters. The standard InChI is InChI=1S/C50H96O6/c1-5-8-10-12-14-16-21-26-30-34-38-42-49(52)55-45-47(44-54-48(51)41-37-33-29-24-15-13-11-9-6-2)56-50(53)43-39-35-31-27-23-20-18-17-19-22-25-28-32-36-40-46(4)7-3/h46-47H,5-45H2,1-4H3/t46?,47-/m0/s1. The quantitative estimate of drug-likeness (QED) is 0.0347. The maximum atomic E-state index is 12.8. The van der Waals surface area contributed by atoms with E-state index in [1.54, 1.807) is 0 Å². The Bertz CT molecular complexity index is 843. The first kappa shape index (κ1) is 54.4. The summed E-state index contributed by atoms with van der Waals surface area (Å²) in [6, 6.07) is 0. The normalized spacial score (nSPS) is 12.4. The van der Waals surface area contributed by atoms with Gasteiger partial charge in [0, 0.05) is 19.3 Å². The molecular formula is C50H96O6. The minimum Gasteiger partial charge on any atom is -0.462 e. The van der Waals surface area contributed by atoms with Gasteiger partial charge in [-0.25, -0.2) is 0 Å². The molecule has 6 nitrogen and oxygen atoms in total. The Morgan fingerprint density at radius 3 is 0.929 bits per heavy atom. The van der Waals surface area contributed by atoms with Crippen molar-refractivity contribution in [2.45, 2.75) is 284 Å². The van der Waals surface area contributed by atoms with Crippen LogP contribution >= 0.6 is 0 Å². The van der Waals surface area contributed by atoms with E-state index in [0.717, 1.165) is 63.7 Å². The van der Waals surface area contributed by atoms with E-state index in [0.29, 0.717) is 19.3 Å². The Morgan fingerprint density at radius 2 is 0.625 bits per heavy atom. The third-order valence-electron chi connectivity index (χ3n) is 11.7. The molecule has 0 aromatic heterocycles. The lowest BCUT2D eigenvalue weighted by molar-refractivity contribution is -0.167. The fraction of sp³-hybridized carbons (Fsp3) is 0.940. The van der Waals surface area contributed by atoms with E-state index in [1.165, 1.54) is 173 Å². The van der Waals surface area contributed by atoms with Crippen LogP contribution in [0.1, 0.15) is 278 Å². The molecule has 0 saturated heterocycles. The number of hydrogen-bond acceptors (Lipinski definition) is 6. The second-order valence-corrected chi connectivity index (χ2v) is 17.3. The van der Waals surface area contributed by atoms with Crippen molar-refractivity contribution in [3.05, 3.63) is 0 Å². The van der Waals surface area contributed by atoms with Crippen LogP contribution in [0, 0.1) is 5.92 Å². The van der Waals surface area contributed by atoms with Crippen molar-refractivity contribution in [3.63, 3.8) is 0 Å². The molecule has 0 aliphatic carbocycles. The Kier molecular flexibility index (Phi) is 43.2. The number of hydrogen-bond donors (Lipinski definition) is 0. The van der Waals surface area contributed by atoms with Gasteiger partial charge in [-0.2, -0.15) is 0 Å². The lowest BCUT2D eigenvalue weighted by Crippen LogP contribution is -2.30. The minimum atomic E-state index is -0.759. The van der Waals surface area contributed by atoms with Crippen LogP contribution in [0.5, 0.6) is 0 Å². The van der Waals surface area contributed by atoms with Crippen molar-refractivity contribution in [3.8, 4) is 0 Å². The fourth-order valence-electron chi connectivity index (χ4n) is 7.48. The van der Waals surface area contributed by atoms with E-state index >= 15 is 0 Å². The average Bonchev–Trinajstić information content (AvgIpc) is 3.19. The predicted octanol–water partition coefficient (Wildman–Crippen LogP) is 15.9. The van der Waals surface area contributed by atoms with Gasteiger partial charge in [0.1, 0.15) is 13.2 Å². The van der Waals surface area contributed by atoms with Gasteiger partial charge in [-0.1, -0.05) is 240 Å². The van der Waals surface area contributed by atoms with Crippen molar-refractivity contribution in [2.24, 2.45) is 5.92 Å². The van der Waals surface area contributed by atoms with E-state index in [-0.39, 0.29) is 31.1 Å². The summed E-state index contributed by atoms with van der Waals surface area (Å²) in [6.45, 7) is 9.04. The van der Waals surface area contributed by atoms with Gasteiger partial charge >= 0.3 is 17.9 Å². The highest BCUT2D eigenvalue weighted by Crippen LogP contribution is 2.17. The molecule has 56 heavy (non-hydrogen) atoms. The van der Waals surface area contributed by atoms with Crippen molar-refractivity contribution in [1.29, 1.82) is 0 Å². The van der Waals surface area contributed by atoms with Crippen LogP contribution in [-0.2, 0) is 28.6 Å². The largest absolute Gasteiger partial charge is 0.462 e. The fourth-order valence-corrected chi connectivity index (χ4v) is 7.48. The molecule has 0 spiro atoms. The van der Waals surface area contributed by atoms with Crippen LogP contribution in [0.2, 0.25) is 0 Å². The van der Waals surface area contributed by atoms with E-state index in [9.17, 15) is 14.4 Å². The molecule has 2 atom stereocenters. The van der Waals surface area contributed by atoms with Gasteiger partial charge in [-0.3, -0.25) is 14.4 Å². The number of unbranched alkanes of at least 4 members (excludes halogenated alkanes) is 31. The van der Waals surface area contributed by atoms with E-state index in [2.05, 4.69) is 27.7 Å². The molecule has 0 bridgehead atoms. The Hall–Kier alpha value is -1.59. The van der Waals surface area contributed by atoms with E-state index in [4.69, 9.17) is 14.2 Å². The molecule has 0 amide bonds. The first-order chi connectivity index (χ1) is 27.4. The summed E-state index contributed by atoms with van der Waals surface area (Å²) >= 11 is 0. The summed E-state index contributed by atoms with van der Waals surface area (Å²) in [5, 5.41) is 0. The molecular weight excluding hydrogens is 697 g/mol. The van der Waals surface area contributed by atoms with Crippen molar-refractivity contribution in [2.75, 3.05) is 13.2 Å². The molecule has 332 valence electrons. The molecule has 0 fully saturated rings. The van der Waals surface area contributed by atoms with Crippen LogP contribution in [0.4, 0.5) is 0 Å². The molecule has 0 N–H and O–H groups in total. The maximum absolute atomic E-state index is 12.8. The van der Waals surface area contributed by atoms with Crippen LogP contribution in [0.25, 0.3) is 0 Å². The number of ether oxygens (including phenoxy) is 3. The molecule has 0 aromatic rings. The van der Waals surface area contributed by atoms with Gasteiger partial charge in [-0.05, 0) is 25.2 Å². The SMILES string of the molecule is CCCCCCCCCCCCCC(=O)OC[C@H](COC(=O)CCCCCCCCCCC)OC(=O)CCCCCCCCCCCCCCCCC(C)CC. The summed E-state index contributed by atoms with van der Waals surface area (Å²) in [5.41, 5.74) is 0. The lowest BCUT2D eigenvalue weighted by Gasteiger charge is -2.18. The second kappa shape index (κ2) is 44.5. The maximum Gasteiger partial charge on any atom is 0.306 e. The summed E-state index contributed by atoms with van der Waals surface area (Å²) in [7, 11) is 0. The van der Waals surface area contributed by atoms with Gasteiger partial charge in [0.2, 0.25) is 0 Å². The zero-order valence-electron chi connectivity index (χ0n) is 38.1. The predicted molar refractivity (Wildman–Crippen MR) is 238 cm³/mol. The van der Waals surface area contributed by atoms with Gasteiger partial charge in [0.15, 0.2) is 6.10 Å². The molecule has 0 radical (unpaired) electrons. The topological polar surface area (TPSA) is 78.9 Å². The van der Waals surface area contributed by atoms with Gasteiger partial charge in [0.05, 0.1) is 0 Å². The van der Waals surface area contributed by atoms with Crippen LogP contribution in [0.3, 0.4) is 0 Å². The number of esters is 3. The monoisotopic (exact) mass is 793 g/mol. The van der Waals surface area contributed by atoms with E-state index < -0.39 is 6.10 Å².